The second kappa shape index (κ2) is 9.71. The number of amides is 2. The van der Waals surface area contributed by atoms with Gasteiger partial charge in [0, 0.05) is 22.7 Å². The summed E-state index contributed by atoms with van der Waals surface area (Å²) in [5.74, 6) is 1.00. The van der Waals surface area contributed by atoms with E-state index in [1.54, 1.807) is 35.5 Å². The van der Waals surface area contributed by atoms with Crippen LogP contribution < -0.4 is 10.1 Å². The number of nitrogens with one attached hydrogen (secondary N) is 1. The summed E-state index contributed by atoms with van der Waals surface area (Å²) in [5, 5.41) is 9.18. The number of carbonyl (C=O) groups excluding carboxylic acids is 1. The summed E-state index contributed by atoms with van der Waals surface area (Å²) in [5.41, 5.74) is 2.67. The number of nitrogens with zero attached hydrogens (tertiary/aromatic N) is 3. The molecule has 9 heteroatoms. The lowest BCUT2D eigenvalue weighted by Gasteiger charge is -2.35. The minimum absolute atomic E-state index is 0.257. The molecule has 2 aromatic heterocycles. The Morgan fingerprint density at radius 2 is 2.00 bits per heavy atom. The summed E-state index contributed by atoms with van der Waals surface area (Å²) in [4.78, 5) is 20.6. The Kier molecular flexibility index (Phi) is 6.33. The topological polar surface area (TPSA) is 80.5 Å². The highest BCUT2D eigenvalue weighted by molar-refractivity contribution is 7.09. The number of hydrogen-bond donors (Lipinski definition) is 1. The van der Waals surface area contributed by atoms with Gasteiger partial charge in [-0.15, -0.1) is 11.3 Å². The van der Waals surface area contributed by atoms with E-state index in [0.717, 1.165) is 11.3 Å². The van der Waals surface area contributed by atoms with Crippen LogP contribution >= 0.6 is 11.3 Å². The number of carbonyl (C=O) groups is 1. The largest absolute Gasteiger partial charge is 0.497 e. The molecule has 0 saturated carbocycles. The predicted molar refractivity (Wildman–Crippen MR) is 131 cm³/mol. The molecule has 0 spiro atoms. The van der Waals surface area contributed by atoms with Gasteiger partial charge < -0.3 is 14.6 Å². The lowest BCUT2D eigenvalue weighted by Crippen LogP contribution is -2.46. The van der Waals surface area contributed by atoms with Gasteiger partial charge in [-0.25, -0.2) is 9.18 Å². The van der Waals surface area contributed by atoms with Crippen LogP contribution in [0, 0.1) is 5.82 Å². The molecule has 4 aromatic rings. The van der Waals surface area contributed by atoms with E-state index in [4.69, 9.17) is 9.26 Å². The van der Waals surface area contributed by atoms with Crippen molar-refractivity contribution in [2.24, 2.45) is 0 Å². The van der Waals surface area contributed by atoms with E-state index in [1.165, 1.54) is 17.0 Å². The third-order valence-corrected chi connectivity index (χ3v) is 6.88. The Morgan fingerprint density at radius 1 is 1.17 bits per heavy atom. The highest BCUT2D eigenvalue weighted by Gasteiger charge is 2.35. The summed E-state index contributed by atoms with van der Waals surface area (Å²) in [6.07, 6.45) is 0.710. The minimum atomic E-state index is -0.639. The number of urea groups is 1. The number of halogens is 1. The molecule has 3 heterocycles. The van der Waals surface area contributed by atoms with Crippen molar-refractivity contribution >= 4 is 22.9 Å². The number of methoxy groups -OCH3 is 1. The second-order valence-corrected chi connectivity index (χ2v) is 9.10. The van der Waals surface area contributed by atoms with Crippen LogP contribution in [-0.4, -0.2) is 34.7 Å². The Morgan fingerprint density at radius 3 is 2.71 bits per heavy atom. The van der Waals surface area contributed by atoms with Crippen LogP contribution in [0.4, 0.5) is 9.18 Å². The molecular formula is C26H23FN4O3S. The Hall–Kier alpha value is -3.98. The monoisotopic (exact) mass is 490 g/mol. The second-order valence-electron chi connectivity index (χ2n) is 8.07. The molecule has 0 bridgehead atoms. The Labute approximate surface area is 205 Å². The van der Waals surface area contributed by atoms with Crippen LogP contribution in [0.15, 0.2) is 76.3 Å². The zero-order valence-corrected chi connectivity index (χ0v) is 20.0. The molecule has 0 saturated heterocycles. The zero-order valence-electron chi connectivity index (χ0n) is 19.2. The van der Waals surface area contributed by atoms with Crippen molar-refractivity contribution in [2.75, 3.05) is 13.7 Å². The lowest BCUT2D eigenvalue weighted by molar-refractivity contribution is 0.205. The molecule has 1 unspecified atom stereocenters. The fourth-order valence-electron chi connectivity index (χ4n) is 4.13. The summed E-state index contributed by atoms with van der Waals surface area (Å²) in [7, 11) is 1.60. The zero-order chi connectivity index (χ0) is 24.4. The van der Waals surface area contributed by atoms with Gasteiger partial charge >= 0.3 is 6.03 Å². The average molecular weight is 491 g/mol. The first-order chi connectivity index (χ1) is 17.0. The molecule has 0 aliphatic carbocycles. The maximum absolute atomic E-state index is 14.1. The Bertz CT molecular complexity index is 1370. The standard InChI is InChI=1S/C26H23FN4O3S/c1-16-22(25-29-24(30-34-25)17-8-10-20(33-2)11-9-17)23(18-5-3-6-19(27)15-18)28-26(32)31(16)13-12-21-7-4-14-35-21/h3-11,14-15,23H,12-13H2,1-2H3,(H,28,32). The maximum Gasteiger partial charge on any atom is 0.322 e. The molecule has 178 valence electrons. The SMILES string of the molecule is COc1ccc(-c2noc(C3=C(C)N(CCc4cccs4)C(=O)NC3c3cccc(F)c3)n2)cc1. The van der Waals surface area contributed by atoms with Crippen molar-refractivity contribution in [3.63, 3.8) is 0 Å². The smallest absolute Gasteiger partial charge is 0.322 e. The van der Waals surface area contributed by atoms with Gasteiger partial charge in [-0.1, -0.05) is 23.4 Å². The first-order valence-electron chi connectivity index (χ1n) is 11.1. The molecule has 0 fully saturated rings. The molecule has 1 N–H and O–H groups in total. The van der Waals surface area contributed by atoms with Gasteiger partial charge in [-0.2, -0.15) is 4.98 Å². The summed E-state index contributed by atoms with van der Waals surface area (Å²) < 4.78 is 25.0. The van der Waals surface area contributed by atoms with Gasteiger partial charge in [-0.3, -0.25) is 4.90 Å². The van der Waals surface area contributed by atoms with Crippen molar-refractivity contribution in [3.05, 3.63) is 93.9 Å². The predicted octanol–water partition coefficient (Wildman–Crippen LogP) is 5.69. The summed E-state index contributed by atoms with van der Waals surface area (Å²) in [6, 6.07) is 16.6. The fraction of sp³-hybridized carbons (Fsp3) is 0.192. The highest BCUT2D eigenvalue weighted by atomic mass is 32.1. The molecular weight excluding hydrogens is 467 g/mol. The van der Waals surface area contributed by atoms with Crippen molar-refractivity contribution in [2.45, 2.75) is 19.4 Å². The van der Waals surface area contributed by atoms with E-state index < -0.39 is 11.9 Å². The van der Waals surface area contributed by atoms with Gasteiger partial charge in [0.05, 0.1) is 18.7 Å². The van der Waals surface area contributed by atoms with E-state index in [1.807, 2.05) is 48.7 Å². The first-order valence-corrected chi connectivity index (χ1v) is 12.0. The van der Waals surface area contributed by atoms with E-state index in [-0.39, 0.29) is 11.9 Å². The van der Waals surface area contributed by atoms with E-state index in [2.05, 4.69) is 15.5 Å². The molecule has 7 nitrogen and oxygen atoms in total. The number of benzene rings is 2. The van der Waals surface area contributed by atoms with Crippen LogP contribution in [0.3, 0.4) is 0 Å². The van der Waals surface area contributed by atoms with E-state index in [0.29, 0.717) is 35.6 Å². The van der Waals surface area contributed by atoms with Crippen LogP contribution in [0.5, 0.6) is 5.75 Å². The molecule has 1 atom stereocenters. The molecule has 5 rings (SSSR count). The van der Waals surface area contributed by atoms with Gasteiger partial charge in [0.2, 0.25) is 5.82 Å². The molecule has 35 heavy (non-hydrogen) atoms. The molecule has 2 aromatic carbocycles. The van der Waals surface area contributed by atoms with Gasteiger partial charge in [0.25, 0.3) is 5.89 Å². The van der Waals surface area contributed by atoms with E-state index in [9.17, 15) is 9.18 Å². The number of rotatable bonds is 7. The third-order valence-electron chi connectivity index (χ3n) is 5.94. The summed E-state index contributed by atoms with van der Waals surface area (Å²) in [6.45, 7) is 2.34. The van der Waals surface area contributed by atoms with Crippen LogP contribution in [0.25, 0.3) is 17.0 Å². The van der Waals surface area contributed by atoms with Crippen LogP contribution in [0.1, 0.15) is 29.3 Å². The molecule has 1 aliphatic rings. The lowest BCUT2D eigenvalue weighted by atomic mass is 9.94. The van der Waals surface area contributed by atoms with Gasteiger partial charge in [0.15, 0.2) is 0 Å². The molecule has 1 aliphatic heterocycles. The number of thiophene rings is 1. The van der Waals surface area contributed by atoms with Crippen molar-refractivity contribution < 1.29 is 18.4 Å². The number of allylic oxidation sites excluding steroid dienone is 1. The first kappa shape index (κ1) is 22.8. The third kappa shape index (κ3) is 4.67. The van der Waals surface area contributed by atoms with Crippen LogP contribution in [-0.2, 0) is 6.42 Å². The average Bonchev–Trinajstić information content (AvgIpc) is 3.56. The number of aromatic nitrogens is 2. The number of ether oxygens (including phenoxy) is 1. The van der Waals surface area contributed by atoms with Gasteiger partial charge in [-0.05, 0) is 66.8 Å². The minimum Gasteiger partial charge on any atom is -0.497 e. The molecule has 0 radical (unpaired) electrons. The van der Waals surface area contributed by atoms with Crippen molar-refractivity contribution in [3.8, 4) is 17.1 Å². The normalized spacial score (nSPS) is 15.9. The van der Waals surface area contributed by atoms with E-state index >= 15 is 0 Å². The van der Waals surface area contributed by atoms with Gasteiger partial charge in [0.1, 0.15) is 11.6 Å². The highest BCUT2D eigenvalue weighted by Crippen LogP contribution is 2.37. The molecule has 2 amide bonds. The maximum atomic E-state index is 14.1. The number of hydrogen-bond acceptors (Lipinski definition) is 6. The quantitative estimate of drug-likeness (QED) is 0.360. The van der Waals surface area contributed by atoms with Crippen LogP contribution in [0.2, 0.25) is 0 Å². The summed E-state index contributed by atoms with van der Waals surface area (Å²) >= 11 is 1.65. The Balaban J connectivity index is 1.54. The van der Waals surface area contributed by atoms with Crippen molar-refractivity contribution in [1.82, 2.24) is 20.4 Å². The fourth-order valence-corrected chi connectivity index (χ4v) is 4.83. The van der Waals surface area contributed by atoms with Crippen molar-refractivity contribution in [1.29, 1.82) is 0 Å².